The molecule has 0 saturated heterocycles. The zero-order valence-electron chi connectivity index (χ0n) is 16.7. The fourth-order valence-electron chi connectivity index (χ4n) is 4.81. The highest BCUT2D eigenvalue weighted by Gasteiger charge is 2.44. The van der Waals surface area contributed by atoms with Crippen LogP contribution in [0.25, 0.3) is 0 Å². The van der Waals surface area contributed by atoms with Gasteiger partial charge in [-0.25, -0.2) is 0 Å². The van der Waals surface area contributed by atoms with Crippen LogP contribution in [-0.2, 0) is 0 Å². The second-order valence-electron chi connectivity index (χ2n) is 9.01. The lowest BCUT2D eigenvalue weighted by Crippen LogP contribution is -2.37. The summed E-state index contributed by atoms with van der Waals surface area (Å²) in [6, 6.07) is 0. The molecule has 0 spiro atoms. The van der Waals surface area contributed by atoms with Crippen molar-refractivity contribution in [2.24, 2.45) is 22.7 Å². The molecule has 1 heteroatoms. The summed E-state index contributed by atoms with van der Waals surface area (Å²) in [5.74, 6) is 3.10. The van der Waals surface area contributed by atoms with E-state index in [-0.39, 0.29) is 0 Å². The molecule has 1 fully saturated rings. The Hall–Kier alpha value is -0.195. The van der Waals surface area contributed by atoms with Crippen molar-refractivity contribution >= 4 is 7.85 Å². The van der Waals surface area contributed by atoms with Gasteiger partial charge in [-0.05, 0) is 54.8 Å². The Morgan fingerprint density at radius 1 is 1.00 bits per heavy atom. The second-order valence-corrected chi connectivity index (χ2v) is 9.01. The molecule has 0 aromatic carbocycles. The van der Waals surface area contributed by atoms with Crippen molar-refractivity contribution in [1.82, 2.24) is 0 Å². The van der Waals surface area contributed by atoms with Gasteiger partial charge in [-0.15, -0.1) is 5.98 Å². The molecular weight excluding hydrogens is 275 g/mol. The number of allylic oxidation sites excluding steroid dienone is 1. The Bertz CT molecular complexity index is 342. The first-order valence-electron chi connectivity index (χ1n) is 10.3. The van der Waals surface area contributed by atoms with Crippen LogP contribution < -0.4 is 0 Å². The van der Waals surface area contributed by atoms with E-state index in [9.17, 15) is 0 Å². The summed E-state index contributed by atoms with van der Waals surface area (Å²) < 4.78 is 0. The molecular formula is C22H41B. The zero-order valence-corrected chi connectivity index (χ0v) is 16.7. The lowest BCUT2D eigenvalue weighted by Gasteiger charge is -2.48. The van der Waals surface area contributed by atoms with E-state index in [0.717, 1.165) is 0 Å². The maximum atomic E-state index is 5.70. The Kier molecular flexibility index (Phi) is 9.02. The van der Waals surface area contributed by atoms with Gasteiger partial charge in [0, 0.05) is 0 Å². The SMILES string of the molecule is [B]/C=C/C(CCC1(CCCCC)CCCCCC1(C)C)C(C)C. The monoisotopic (exact) mass is 316 g/mol. The fraction of sp³-hybridized carbons (Fsp3) is 0.909. The van der Waals surface area contributed by atoms with Crippen LogP contribution in [0, 0.1) is 22.7 Å². The van der Waals surface area contributed by atoms with E-state index in [4.69, 9.17) is 7.85 Å². The minimum Gasteiger partial charge on any atom is -0.135 e. The molecule has 2 radical (unpaired) electrons. The van der Waals surface area contributed by atoms with Gasteiger partial charge in [0.1, 0.15) is 7.85 Å². The predicted molar refractivity (Wildman–Crippen MR) is 106 cm³/mol. The molecule has 1 saturated carbocycles. The molecule has 0 aliphatic heterocycles. The highest BCUT2D eigenvalue weighted by atomic mass is 14.5. The van der Waals surface area contributed by atoms with Crippen molar-refractivity contribution in [3.63, 3.8) is 0 Å². The van der Waals surface area contributed by atoms with Crippen LogP contribution in [0.2, 0.25) is 0 Å². The van der Waals surface area contributed by atoms with Crippen LogP contribution in [-0.4, -0.2) is 7.85 Å². The van der Waals surface area contributed by atoms with Gasteiger partial charge >= 0.3 is 0 Å². The first-order chi connectivity index (χ1) is 10.9. The highest BCUT2D eigenvalue weighted by molar-refractivity contribution is 6.16. The van der Waals surface area contributed by atoms with E-state index < -0.39 is 0 Å². The summed E-state index contributed by atoms with van der Waals surface area (Å²) in [6.45, 7) is 12.1. The van der Waals surface area contributed by atoms with Crippen molar-refractivity contribution in [3.05, 3.63) is 12.1 Å². The largest absolute Gasteiger partial charge is 0.135 e. The van der Waals surface area contributed by atoms with Crippen molar-refractivity contribution < 1.29 is 0 Å². The Labute approximate surface area is 148 Å². The van der Waals surface area contributed by atoms with E-state index in [2.05, 4.69) is 40.7 Å². The third-order valence-electron chi connectivity index (χ3n) is 6.82. The molecule has 0 bridgehead atoms. The molecule has 0 heterocycles. The van der Waals surface area contributed by atoms with E-state index in [1.165, 1.54) is 70.6 Å². The Morgan fingerprint density at radius 2 is 1.70 bits per heavy atom. The zero-order chi connectivity index (χ0) is 17.3. The maximum Gasteiger partial charge on any atom is 0.102 e. The van der Waals surface area contributed by atoms with Gasteiger partial charge in [-0.3, -0.25) is 0 Å². The molecule has 0 N–H and O–H groups in total. The van der Waals surface area contributed by atoms with E-state index in [1.54, 1.807) is 5.98 Å². The lowest BCUT2D eigenvalue weighted by molar-refractivity contribution is 0.0280. The molecule has 2 atom stereocenters. The van der Waals surface area contributed by atoms with E-state index >= 15 is 0 Å². The number of hydrogen-bond acceptors (Lipinski definition) is 0. The average Bonchev–Trinajstić information content (AvgIpc) is 2.63. The van der Waals surface area contributed by atoms with Crippen LogP contribution in [0.15, 0.2) is 12.1 Å². The third kappa shape index (κ3) is 5.98. The molecule has 1 aliphatic rings. The van der Waals surface area contributed by atoms with Gasteiger partial charge in [0.05, 0.1) is 0 Å². The first-order valence-corrected chi connectivity index (χ1v) is 10.3. The van der Waals surface area contributed by atoms with Crippen LogP contribution >= 0.6 is 0 Å². The minimum atomic E-state index is 0.491. The highest BCUT2D eigenvalue weighted by Crippen LogP contribution is 2.55. The van der Waals surface area contributed by atoms with Gasteiger partial charge in [0.15, 0.2) is 0 Å². The summed E-state index contributed by atoms with van der Waals surface area (Å²) in [5.41, 5.74) is 1.04. The predicted octanol–water partition coefficient (Wildman–Crippen LogP) is 7.28. The first kappa shape index (κ1) is 20.8. The normalized spacial score (nSPS) is 26.5. The van der Waals surface area contributed by atoms with Crippen molar-refractivity contribution in [1.29, 1.82) is 0 Å². The molecule has 0 aromatic rings. The fourth-order valence-corrected chi connectivity index (χ4v) is 4.81. The molecule has 132 valence electrons. The van der Waals surface area contributed by atoms with Gasteiger partial charge in [-0.2, -0.15) is 0 Å². The smallest absolute Gasteiger partial charge is 0.102 e. The Balaban J connectivity index is 2.89. The molecule has 1 aliphatic carbocycles. The second kappa shape index (κ2) is 9.95. The van der Waals surface area contributed by atoms with Gasteiger partial charge in [-0.1, -0.05) is 79.2 Å². The summed E-state index contributed by atoms with van der Waals surface area (Å²) in [5, 5.41) is 0. The summed E-state index contributed by atoms with van der Waals surface area (Å²) in [6.07, 6.45) is 17.7. The molecule has 0 nitrogen and oxygen atoms in total. The maximum absolute atomic E-state index is 5.70. The average molecular weight is 316 g/mol. The standard InChI is InChI=1S/C22H41B/c1-6-7-9-15-22(16-11-8-10-14-21(22,4)5)17-12-20(13-18-23)19(2)3/h13,18-20H,6-12,14-17H2,1-5H3/b18-13+. The summed E-state index contributed by atoms with van der Waals surface area (Å²) in [4.78, 5) is 0. The Morgan fingerprint density at radius 3 is 2.30 bits per heavy atom. The topological polar surface area (TPSA) is 0 Å². The summed E-state index contributed by atoms with van der Waals surface area (Å²) in [7, 11) is 5.70. The van der Waals surface area contributed by atoms with Crippen LogP contribution in [0.3, 0.4) is 0 Å². The molecule has 2 unspecified atom stereocenters. The summed E-state index contributed by atoms with van der Waals surface area (Å²) >= 11 is 0. The number of unbranched alkanes of at least 4 members (excludes halogenated alkanes) is 2. The van der Waals surface area contributed by atoms with Crippen molar-refractivity contribution in [2.45, 2.75) is 105 Å². The molecule has 0 amide bonds. The van der Waals surface area contributed by atoms with Crippen LogP contribution in [0.4, 0.5) is 0 Å². The molecule has 0 aromatic heterocycles. The quantitative estimate of drug-likeness (QED) is 0.238. The van der Waals surface area contributed by atoms with Crippen molar-refractivity contribution in [2.75, 3.05) is 0 Å². The van der Waals surface area contributed by atoms with Crippen LogP contribution in [0.5, 0.6) is 0 Å². The molecule has 1 rings (SSSR count). The number of rotatable bonds is 9. The van der Waals surface area contributed by atoms with Crippen LogP contribution in [0.1, 0.15) is 105 Å². The van der Waals surface area contributed by atoms with Gasteiger partial charge in [0.25, 0.3) is 0 Å². The van der Waals surface area contributed by atoms with E-state index in [0.29, 0.717) is 22.7 Å². The van der Waals surface area contributed by atoms with Gasteiger partial charge < -0.3 is 0 Å². The lowest BCUT2D eigenvalue weighted by atomic mass is 9.57. The number of hydrogen-bond donors (Lipinski definition) is 0. The molecule has 23 heavy (non-hydrogen) atoms. The van der Waals surface area contributed by atoms with E-state index in [1.807, 2.05) is 0 Å². The third-order valence-corrected chi connectivity index (χ3v) is 6.82. The minimum absolute atomic E-state index is 0.491. The van der Waals surface area contributed by atoms with Gasteiger partial charge in [0.2, 0.25) is 0 Å². The van der Waals surface area contributed by atoms with Crippen molar-refractivity contribution in [3.8, 4) is 0 Å².